The fourth-order valence-electron chi connectivity index (χ4n) is 1.48. The van der Waals surface area contributed by atoms with Crippen LogP contribution in [0.4, 0.5) is 0 Å². The molecule has 72 valence electrons. The first-order valence-corrected chi connectivity index (χ1v) is 5.48. The Morgan fingerprint density at radius 2 is 2.21 bits per heavy atom. The molecule has 2 aromatic rings. The highest BCUT2D eigenvalue weighted by Gasteiger charge is 2.07. The zero-order chi connectivity index (χ0) is 9.97. The fourth-order valence-corrected chi connectivity index (χ4v) is 2.56. The molecule has 0 aliphatic heterocycles. The van der Waals surface area contributed by atoms with E-state index in [9.17, 15) is 0 Å². The third kappa shape index (κ3) is 1.72. The SMILES string of the molecule is C=CC[C@@H](N)c1cc2ccccc2s1. The van der Waals surface area contributed by atoms with Crippen LogP contribution in [0.1, 0.15) is 17.3 Å². The van der Waals surface area contributed by atoms with Gasteiger partial charge in [0, 0.05) is 15.6 Å². The average molecular weight is 203 g/mol. The predicted molar refractivity (Wildman–Crippen MR) is 63.6 cm³/mol. The van der Waals surface area contributed by atoms with Crippen molar-refractivity contribution in [2.24, 2.45) is 5.73 Å². The first-order chi connectivity index (χ1) is 6.81. The smallest absolute Gasteiger partial charge is 0.0425 e. The standard InChI is InChI=1S/C12H13NS/c1-2-5-10(13)12-8-9-6-3-4-7-11(9)14-12/h2-4,6-8,10H,1,5,13H2/t10-/m1/s1. The van der Waals surface area contributed by atoms with E-state index in [1.165, 1.54) is 15.0 Å². The lowest BCUT2D eigenvalue weighted by atomic mass is 10.1. The largest absolute Gasteiger partial charge is 0.323 e. The van der Waals surface area contributed by atoms with Gasteiger partial charge in [-0.15, -0.1) is 17.9 Å². The molecule has 1 nitrogen and oxygen atoms in total. The molecule has 2 N–H and O–H groups in total. The monoisotopic (exact) mass is 203 g/mol. The van der Waals surface area contributed by atoms with Crippen LogP contribution in [-0.2, 0) is 0 Å². The minimum atomic E-state index is 0.102. The van der Waals surface area contributed by atoms with Crippen molar-refractivity contribution in [1.82, 2.24) is 0 Å². The molecule has 0 radical (unpaired) electrons. The van der Waals surface area contributed by atoms with Gasteiger partial charge >= 0.3 is 0 Å². The van der Waals surface area contributed by atoms with Gasteiger partial charge in [0.25, 0.3) is 0 Å². The van der Waals surface area contributed by atoms with Crippen molar-refractivity contribution in [3.8, 4) is 0 Å². The normalized spacial score (nSPS) is 12.9. The van der Waals surface area contributed by atoms with Crippen LogP contribution >= 0.6 is 11.3 Å². The number of hydrogen-bond acceptors (Lipinski definition) is 2. The minimum Gasteiger partial charge on any atom is -0.323 e. The second kappa shape index (κ2) is 3.95. The molecule has 1 heterocycles. The van der Waals surface area contributed by atoms with Crippen molar-refractivity contribution in [2.75, 3.05) is 0 Å². The average Bonchev–Trinajstić information content (AvgIpc) is 2.61. The highest BCUT2D eigenvalue weighted by atomic mass is 32.1. The molecule has 0 amide bonds. The molecule has 0 saturated carbocycles. The maximum atomic E-state index is 6.01. The Balaban J connectivity index is 2.39. The van der Waals surface area contributed by atoms with Gasteiger partial charge in [0.15, 0.2) is 0 Å². The Kier molecular flexibility index (Phi) is 2.66. The number of fused-ring (bicyclic) bond motifs is 1. The van der Waals surface area contributed by atoms with Gasteiger partial charge in [-0.3, -0.25) is 0 Å². The molecule has 14 heavy (non-hydrogen) atoms. The Labute approximate surface area is 87.9 Å². The van der Waals surface area contributed by atoms with E-state index in [0.717, 1.165) is 6.42 Å². The maximum absolute atomic E-state index is 6.01. The van der Waals surface area contributed by atoms with Crippen molar-refractivity contribution >= 4 is 21.4 Å². The van der Waals surface area contributed by atoms with Gasteiger partial charge in [-0.05, 0) is 23.9 Å². The van der Waals surface area contributed by atoms with E-state index in [0.29, 0.717) is 0 Å². The first kappa shape index (κ1) is 9.44. The molecular formula is C12H13NS. The Morgan fingerprint density at radius 1 is 1.43 bits per heavy atom. The summed E-state index contributed by atoms with van der Waals surface area (Å²) in [5, 5.41) is 1.28. The fraction of sp³-hybridized carbons (Fsp3) is 0.167. The Morgan fingerprint density at radius 3 is 2.93 bits per heavy atom. The van der Waals surface area contributed by atoms with Crippen molar-refractivity contribution < 1.29 is 0 Å². The number of thiophene rings is 1. The summed E-state index contributed by atoms with van der Waals surface area (Å²) in [6, 6.07) is 10.6. The van der Waals surface area contributed by atoms with Crippen molar-refractivity contribution in [3.63, 3.8) is 0 Å². The van der Waals surface area contributed by atoms with Crippen LogP contribution in [0.2, 0.25) is 0 Å². The van der Waals surface area contributed by atoms with Crippen LogP contribution in [0.5, 0.6) is 0 Å². The molecule has 1 atom stereocenters. The van der Waals surface area contributed by atoms with Gasteiger partial charge in [-0.25, -0.2) is 0 Å². The van der Waals surface area contributed by atoms with Crippen LogP contribution in [0.25, 0.3) is 10.1 Å². The third-order valence-electron chi connectivity index (χ3n) is 2.23. The topological polar surface area (TPSA) is 26.0 Å². The Bertz CT molecular complexity index is 411. The highest BCUT2D eigenvalue weighted by Crippen LogP contribution is 2.29. The Hall–Kier alpha value is -1.12. The molecule has 2 rings (SSSR count). The zero-order valence-corrected chi connectivity index (χ0v) is 8.76. The van der Waals surface area contributed by atoms with Gasteiger partial charge in [-0.2, -0.15) is 0 Å². The van der Waals surface area contributed by atoms with E-state index in [4.69, 9.17) is 5.73 Å². The van der Waals surface area contributed by atoms with Gasteiger partial charge in [0.05, 0.1) is 0 Å². The second-order valence-electron chi connectivity index (χ2n) is 3.32. The summed E-state index contributed by atoms with van der Waals surface area (Å²) >= 11 is 1.77. The first-order valence-electron chi connectivity index (χ1n) is 4.66. The number of hydrogen-bond donors (Lipinski definition) is 1. The summed E-state index contributed by atoms with van der Waals surface area (Å²) < 4.78 is 1.31. The van der Waals surface area contributed by atoms with E-state index in [-0.39, 0.29) is 6.04 Å². The zero-order valence-electron chi connectivity index (χ0n) is 7.94. The van der Waals surface area contributed by atoms with Crippen LogP contribution < -0.4 is 5.73 Å². The molecule has 0 spiro atoms. The summed E-state index contributed by atoms with van der Waals surface area (Å²) in [6.07, 6.45) is 2.71. The molecular weight excluding hydrogens is 190 g/mol. The molecule has 2 heteroatoms. The van der Waals surface area contributed by atoms with Crippen LogP contribution in [0.15, 0.2) is 43.0 Å². The lowest BCUT2D eigenvalue weighted by Crippen LogP contribution is -2.06. The molecule has 0 saturated heterocycles. The van der Waals surface area contributed by atoms with Crippen LogP contribution in [0.3, 0.4) is 0 Å². The number of rotatable bonds is 3. The predicted octanol–water partition coefficient (Wildman–Crippen LogP) is 3.48. The molecule has 0 aliphatic rings. The summed E-state index contributed by atoms with van der Waals surface area (Å²) in [5.74, 6) is 0. The van der Waals surface area contributed by atoms with Crippen molar-refractivity contribution in [3.05, 3.63) is 47.9 Å². The van der Waals surface area contributed by atoms with E-state index in [1.54, 1.807) is 11.3 Å². The van der Waals surface area contributed by atoms with E-state index >= 15 is 0 Å². The molecule has 0 unspecified atom stereocenters. The van der Waals surface area contributed by atoms with E-state index in [2.05, 4.69) is 36.9 Å². The van der Waals surface area contributed by atoms with Crippen LogP contribution in [-0.4, -0.2) is 0 Å². The van der Waals surface area contributed by atoms with Crippen molar-refractivity contribution in [1.29, 1.82) is 0 Å². The minimum absolute atomic E-state index is 0.102. The molecule has 1 aromatic carbocycles. The lowest BCUT2D eigenvalue weighted by Gasteiger charge is -2.03. The lowest BCUT2D eigenvalue weighted by molar-refractivity contribution is 0.758. The second-order valence-corrected chi connectivity index (χ2v) is 4.43. The molecule has 1 aromatic heterocycles. The van der Waals surface area contributed by atoms with Gasteiger partial charge in [0.2, 0.25) is 0 Å². The van der Waals surface area contributed by atoms with Crippen molar-refractivity contribution in [2.45, 2.75) is 12.5 Å². The van der Waals surface area contributed by atoms with E-state index in [1.807, 2.05) is 6.08 Å². The van der Waals surface area contributed by atoms with E-state index < -0.39 is 0 Å². The van der Waals surface area contributed by atoms with Gasteiger partial charge in [0.1, 0.15) is 0 Å². The highest BCUT2D eigenvalue weighted by molar-refractivity contribution is 7.19. The molecule has 0 bridgehead atoms. The maximum Gasteiger partial charge on any atom is 0.0425 e. The molecule has 0 aliphatic carbocycles. The van der Waals surface area contributed by atoms with Gasteiger partial charge < -0.3 is 5.73 Å². The number of nitrogens with two attached hydrogens (primary N) is 1. The third-order valence-corrected chi connectivity index (χ3v) is 3.48. The summed E-state index contributed by atoms with van der Waals surface area (Å²) in [6.45, 7) is 3.70. The summed E-state index contributed by atoms with van der Waals surface area (Å²) in [5.41, 5.74) is 6.01. The quantitative estimate of drug-likeness (QED) is 0.759. The number of benzene rings is 1. The summed E-state index contributed by atoms with van der Waals surface area (Å²) in [4.78, 5) is 1.24. The molecule has 0 fully saturated rings. The summed E-state index contributed by atoms with van der Waals surface area (Å²) in [7, 11) is 0. The van der Waals surface area contributed by atoms with Gasteiger partial charge in [-0.1, -0.05) is 24.3 Å². The van der Waals surface area contributed by atoms with Crippen LogP contribution in [0, 0.1) is 0 Å².